The molecule has 0 aliphatic heterocycles. The first kappa shape index (κ1) is 16.6. The standard InChI is InChI=1S/C18H11Cl2FO3/c1-9-8-12(21)6-7-13(9)14-16(22)15(20)17(24-18(14)23)10-2-4-11(19)5-3-10/h2-8,22H,1H3. The second-order valence-electron chi connectivity index (χ2n) is 5.22. The molecule has 1 heterocycles. The van der Waals surface area contributed by atoms with E-state index in [-0.39, 0.29) is 16.3 Å². The second kappa shape index (κ2) is 6.30. The maximum absolute atomic E-state index is 13.3. The molecule has 1 aromatic heterocycles. The van der Waals surface area contributed by atoms with Crippen LogP contribution in [-0.2, 0) is 0 Å². The van der Waals surface area contributed by atoms with Gasteiger partial charge in [0.2, 0.25) is 0 Å². The average molecular weight is 365 g/mol. The lowest BCUT2D eigenvalue weighted by molar-refractivity contribution is 0.456. The van der Waals surface area contributed by atoms with Gasteiger partial charge in [-0.25, -0.2) is 9.18 Å². The zero-order valence-electron chi connectivity index (χ0n) is 12.4. The lowest BCUT2D eigenvalue weighted by Gasteiger charge is -2.11. The van der Waals surface area contributed by atoms with Gasteiger partial charge in [0.25, 0.3) is 0 Å². The molecule has 0 aliphatic carbocycles. The van der Waals surface area contributed by atoms with Crippen LogP contribution in [0.3, 0.4) is 0 Å². The summed E-state index contributed by atoms with van der Waals surface area (Å²) in [5.41, 5.74) is 0.464. The molecular formula is C18H11Cl2FO3. The van der Waals surface area contributed by atoms with Crippen molar-refractivity contribution in [2.45, 2.75) is 6.92 Å². The van der Waals surface area contributed by atoms with Crippen molar-refractivity contribution >= 4 is 23.2 Å². The SMILES string of the molecule is Cc1cc(F)ccc1-c1c(O)c(Cl)c(-c2ccc(Cl)cc2)oc1=O. The van der Waals surface area contributed by atoms with Crippen molar-refractivity contribution < 1.29 is 13.9 Å². The predicted molar refractivity (Wildman–Crippen MR) is 92.2 cm³/mol. The smallest absolute Gasteiger partial charge is 0.348 e. The molecule has 0 fully saturated rings. The fourth-order valence-corrected chi connectivity index (χ4v) is 2.80. The molecular weight excluding hydrogens is 354 g/mol. The van der Waals surface area contributed by atoms with Gasteiger partial charge in [-0.2, -0.15) is 0 Å². The van der Waals surface area contributed by atoms with Crippen LogP contribution in [0.25, 0.3) is 22.5 Å². The summed E-state index contributed by atoms with van der Waals surface area (Å²) in [6.07, 6.45) is 0. The van der Waals surface area contributed by atoms with Crippen LogP contribution in [0, 0.1) is 12.7 Å². The van der Waals surface area contributed by atoms with E-state index >= 15 is 0 Å². The zero-order chi connectivity index (χ0) is 17.4. The van der Waals surface area contributed by atoms with Crippen molar-refractivity contribution in [3.63, 3.8) is 0 Å². The average Bonchev–Trinajstić information content (AvgIpc) is 2.54. The summed E-state index contributed by atoms with van der Waals surface area (Å²) in [6.45, 7) is 1.62. The maximum atomic E-state index is 13.3. The Morgan fingerprint density at radius 1 is 1.08 bits per heavy atom. The van der Waals surface area contributed by atoms with Gasteiger partial charge in [0, 0.05) is 10.6 Å². The number of aromatic hydroxyl groups is 1. The Labute approximate surface area is 146 Å². The summed E-state index contributed by atoms with van der Waals surface area (Å²) in [5.74, 6) is -0.809. The van der Waals surface area contributed by atoms with Crippen LogP contribution in [0.1, 0.15) is 5.56 Å². The van der Waals surface area contributed by atoms with E-state index < -0.39 is 17.2 Å². The largest absolute Gasteiger partial charge is 0.505 e. The van der Waals surface area contributed by atoms with Gasteiger partial charge in [-0.1, -0.05) is 29.3 Å². The van der Waals surface area contributed by atoms with E-state index in [0.717, 1.165) is 0 Å². The van der Waals surface area contributed by atoms with Crippen LogP contribution >= 0.6 is 23.2 Å². The summed E-state index contributed by atoms with van der Waals surface area (Å²) in [6, 6.07) is 10.3. The summed E-state index contributed by atoms with van der Waals surface area (Å²) in [7, 11) is 0. The Morgan fingerprint density at radius 3 is 2.38 bits per heavy atom. The lowest BCUT2D eigenvalue weighted by atomic mass is 10.0. The summed E-state index contributed by atoms with van der Waals surface area (Å²) in [4.78, 5) is 12.4. The number of halogens is 3. The Kier molecular flexibility index (Phi) is 4.35. The molecule has 3 rings (SSSR count). The van der Waals surface area contributed by atoms with Crippen LogP contribution in [-0.4, -0.2) is 5.11 Å². The van der Waals surface area contributed by atoms with Gasteiger partial charge in [-0.3, -0.25) is 0 Å². The normalized spacial score (nSPS) is 10.8. The number of aryl methyl sites for hydroxylation is 1. The molecule has 0 unspecified atom stereocenters. The van der Waals surface area contributed by atoms with Crippen molar-refractivity contribution in [3.8, 4) is 28.2 Å². The van der Waals surface area contributed by atoms with Crippen LogP contribution in [0.4, 0.5) is 4.39 Å². The third-order valence-corrected chi connectivity index (χ3v) is 4.21. The Morgan fingerprint density at radius 2 is 1.75 bits per heavy atom. The third kappa shape index (κ3) is 2.90. The van der Waals surface area contributed by atoms with Crippen LogP contribution in [0.5, 0.6) is 5.75 Å². The third-order valence-electron chi connectivity index (χ3n) is 3.61. The van der Waals surface area contributed by atoms with E-state index in [9.17, 15) is 14.3 Å². The predicted octanol–water partition coefficient (Wildman–Crippen LogP) is 5.43. The molecule has 2 aromatic carbocycles. The molecule has 0 saturated carbocycles. The molecule has 122 valence electrons. The highest BCUT2D eigenvalue weighted by molar-refractivity contribution is 6.35. The molecule has 0 spiro atoms. The first-order valence-corrected chi connectivity index (χ1v) is 7.72. The van der Waals surface area contributed by atoms with Gasteiger partial charge in [0.1, 0.15) is 16.4 Å². The lowest BCUT2D eigenvalue weighted by Crippen LogP contribution is -2.06. The molecule has 1 N–H and O–H groups in total. The highest BCUT2D eigenvalue weighted by atomic mass is 35.5. The molecule has 0 radical (unpaired) electrons. The minimum absolute atomic E-state index is 0.0411. The van der Waals surface area contributed by atoms with Gasteiger partial charge in [-0.15, -0.1) is 0 Å². The minimum Gasteiger partial charge on any atom is -0.505 e. The van der Waals surface area contributed by atoms with Crippen molar-refractivity contribution in [2.24, 2.45) is 0 Å². The van der Waals surface area contributed by atoms with Crippen molar-refractivity contribution in [1.82, 2.24) is 0 Å². The van der Waals surface area contributed by atoms with Crippen LogP contribution in [0.2, 0.25) is 10.0 Å². The Bertz CT molecular complexity index is 979. The molecule has 6 heteroatoms. The first-order chi connectivity index (χ1) is 11.4. The van der Waals surface area contributed by atoms with E-state index in [2.05, 4.69) is 0 Å². The number of hydrogen-bond acceptors (Lipinski definition) is 3. The minimum atomic E-state index is -0.767. The summed E-state index contributed by atoms with van der Waals surface area (Å²) >= 11 is 12.0. The Balaban J connectivity index is 2.23. The van der Waals surface area contributed by atoms with E-state index in [1.165, 1.54) is 18.2 Å². The van der Waals surface area contributed by atoms with Crippen molar-refractivity contribution in [3.05, 3.63) is 74.3 Å². The van der Waals surface area contributed by atoms with Crippen LogP contribution in [0.15, 0.2) is 51.7 Å². The van der Waals surface area contributed by atoms with Gasteiger partial charge >= 0.3 is 5.63 Å². The Hall–Kier alpha value is -2.30. The molecule has 24 heavy (non-hydrogen) atoms. The summed E-state index contributed by atoms with van der Waals surface area (Å²) in [5, 5.41) is 10.8. The monoisotopic (exact) mass is 364 g/mol. The number of hydrogen-bond donors (Lipinski definition) is 1. The van der Waals surface area contributed by atoms with Crippen molar-refractivity contribution in [2.75, 3.05) is 0 Å². The van der Waals surface area contributed by atoms with Crippen LogP contribution < -0.4 is 5.63 Å². The number of benzene rings is 2. The van der Waals surface area contributed by atoms with E-state index in [1.54, 1.807) is 31.2 Å². The quantitative estimate of drug-likeness (QED) is 0.659. The topological polar surface area (TPSA) is 50.4 Å². The van der Waals surface area contributed by atoms with E-state index in [4.69, 9.17) is 27.6 Å². The molecule has 0 bridgehead atoms. The first-order valence-electron chi connectivity index (χ1n) is 6.96. The molecule has 0 amide bonds. The molecule has 0 aliphatic rings. The van der Waals surface area contributed by atoms with E-state index in [1.807, 2.05) is 0 Å². The second-order valence-corrected chi connectivity index (χ2v) is 6.04. The van der Waals surface area contributed by atoms with Gasteiger partial charge in [0.05, 0.1) is 0 Å². The molecule has 3 aromatic rings. The fourth-order valence-electron chi connectivity index (χ4n) is 2.43. The molecule has 3 nitrogen and oxygen atoms in total. The maximum Gasteiger partial charge on any atom is 0.348 e. The number of rotatable bonds is 2. The van der Waals surface area contributed by atoms with Gasteiger partial charge in [0.15, 0.2) is 11.5 Å². The molecule has 0 atom stereocenters. The van der Waals surface area contributed by atoms with Crippen molar-refractivity contribution in [1.29, 1.82) is 0 Å². The van der Waals surface area contributed by atoms with Gasteiger partial charge in [-0.05, 0) is 54.4 Å². The zero-order valence-corrected chi connectivity index (χ0v) is 14.0. The highest BCUT2D eigenvalue weighted by Crippen LogP contribution is 2.40. The highest BCUT2D eigenvalue weighted by Gasteiger charge is 2.21. The van der Waals surface area contributed by atoms with E-state index in [0.29, 0.717) is 21.7 Å². The fraction of sp³-hybridized carbons (Fsp3) is 0.0556. The summed E-state index contributed by atoms with van der Waals surface area (Å²) < 4.78 is 18.6. The molecule has 0 saturated heterocycles. The van der Waals surface area contributed by atoms with Gasteiger partial charge < -0.3 is 9.52 Å².